The number of anilines is 1. The van der Waals surface area contributed by atoms with E-state index in [1.165, 1.54) is 6.92 Å². The molecule has 1 N–H and O–H groups in total. The topological polar surface area (TPSA) is 62.6 Å². The van der Waals surface area contributed by atoms with Crippen LogP contribution < -0.4 is 5.32 Å². The van der Waals surface area contributed by atoms with Crippen LogP contribution in [0.15, 0.2) is 47.1 Å². The largest absolute Gasteiger partial charge is 0.467 e. The number of rotatable bonds is 5. The van der Waals surface area contributed by atoms with Crippen molar-refractivity contribution >= 4 is 17.5 Å². The Labute approximate surface area is 135 Å². The molecule has 1 atom stereocenters. The lowest BCUT2D eigenvalue weighted by Crippen LogP contribution is -2.35. The summed E-state index contributed by atoms with van der Waals surface area (Å²) in [4.78, 5) is 25.9. The van der Waals surface area contributed by atoms with Crippen molar-refractivity contribution in [2.45, 2.75) is 38.8 Å². The zero-order valence-electron chi connectivity index (χ0n) is 13.3. The predicted molar refractivity (Wildman–Crippen MR) is 87.1 cm³/mol. The Morgan fingerprint density at radius 1 is 1.22 bits per heavy atom. The van der Waals surface area contributed by atoms with Crippen molar-refractivity contribution in [2.24, 2.45) is 0 Å². The van der Waals surface area contributed by atoms with Gasteiger partial charge in [0.25, 0.3) is 5.91 Å². The smallest absolute Gasteiger partial charge is 0.254 e. The van der Waals surface area contributed by atoms with Gasteiger partial charge >= 0.3 is 0 Å². The van der Waals surface area contributed by atoms with Gasteiger partial charge in [0.2, 0.25) is 5.91 Å². The fourth-order valence-electron chi connectivity index (χ4n) is 2.73. The number of carbonyl (C=O) groups excluding carboxylic acids is 2. The average Bonchev–Trinajstić information content (AvgIpc) is 3.19. The van der Waals surface area contributed by atoms with Crippen LogP contribution in [0.25, 0.3) is 0 Å². The Morgan fingerprint density at radius 3 is 2.43 bits per heavy atom. The molecule has 0 aliphatic heterocycles. The molecule has 120 valence electrons. The Balaban J connectivity index is 1.80. The number of benzene rings is 1. The molecule has 1 aromatic heterocycles. The van der Waals surface area contributed by atoms with Crippen LogP contribution in [-0.2, 0) is 4.79 Å². The van der Waals surface area contributed by atoms with E-state index in [9.17, 15) is 9.59 Å². The average molecular weight is 312 g/mol. The molecule has 1 aliphatic rings. The summed E-state index contributed by atoms with van der Waals surface area (Å²) < 4.78 is 5.46. The Hall–Kier alpha value is -2.56. The second-order valence-electron chi connectivity index (χ2n) is 5.89. The van der Waals surface area contributed by atoms with Gasteiger partial charge in [0.1, 0.15) is 5.76 Å². The Bertz CT molecular complexity index is 688. The van der Waals surface area contributed by atoms with Crippen LogP contribution in [0.2, 0.25) is 0 Å². The summed E-state index contributed by atoms with van der Waals surface area (Å²) in [5.74, 6) is 0.654. The van der Waals surface area contributed by atoms with Crippen LogP contribution in [0.3, 0.4) is 0 Å². The first-order valence-corrected chi connectivity index (χ1v) is 7.80. The summed E-state index contributed by atoms with van der Waals surface area (Å²) in [6.07, 6.45) is 3.69. The third kappa shape index (κ3) is 3.44. The van der Waals surface area contributed by atoms with Crippen LogP contribution in [0, 0.1) is 0 Å². The highest BCUT2D eigenvalue weighted by molar-refractivity contribution is 5.96. The van der Waals surface area contributed by atoms with Gasteiger partial charge in [0, 0.05) is 24.2 Å². The molecule has 0 bridgehead atoms. The highest BCUT2D eigenvalue weighted by Gasteiger charge is 2.37. The van der Waals surface area contributed by atoms with Crippen LogP contribution in [-0.4, -0.2) is 22.8 Å². The van der Waals surface area contributed by atoms with Crippen molar-refractivity contribution in [3.63, 3.8) is 0 Å². The van der Waals surface area contributed by atoms with Crippen LogP contribution in [0.5, 0.6) is 0 Å². The lowest BCUT2D eigenvalue weighted by molar-refractivity contribution is -0.114. The number of amides is 2. The quantitative estimate of drug-likeness (QED) is 0.917. The molecule has 5 nitrogen and oxygen atoms in total. The molecule has 1 heterocycles. The minimum atomic E-state index is -0.130. The fourth-order valence-corrected chi connectivity index (χ4v) is 2.73. The molecule has 0 radical (unpaired) electrons. The molecule has 1 fully saturated rings. The molecule has 1 unspecified atom stereocenters. The number of hydrogen-bond donors (Lipinski definition) is 1. The first kappa shape index (κ1) is 15.3. The van der Waals surface area contributed by atoms with Crippen molar-refractivity contribution < 1.29 is 14.0 Å². The molecule has 1 saturated carbocycles. The monoisotopic (exact) mass is 312 g/mol. The third-order valence-electron chi connectivity index (χ3n) is 4.00. The molecule has 2 amide bonds. The highest BCUT2D eigenvalue weighted by atomic mass is 16.3. The maximum absolute atomic E-state index is 12.9. The van der Waals surface area contributed by atoms with Gasteiger partial charge in [-0.2, -0.15) is 0 Å². The molecule has 23 heavy (non-hydrogen) atoms. The maximum atomic E-state index is 12.9. The van der Waals surface area contributed by atoms with Gasteiger partial charge in [-0.05, 0) is 56.2 Å². The van der Waals surface area contributed by atoms with Gasteiger partial charge in [-0.3, -0.25) is 9.59 Å². The van der Waals surface area contributed by atoms with Gasteiger partial charge in [-0.25, -0.2) is 0 Å². The molecule has 0 spiro atoms. The zero-order valence-corrected chi connectivity index (χ0v) is 13.3. The van der Waals surface area contributed by atoms with Crippen LogP contribution in [0.4, 0.5) is 5.69 Å². The molecule has 5 heteroatoms. The summed E-state index contributed by atoms with van der Waals surface area (Å²) >= 11 is 0. The van der Waals surface area contributed by atoms with E-state index in [4.69, 9.17) is 4.42 Å². The maximum Gasteiger partial charge on any atom is 0.254 e. The van der Waals surface area contributed by atoms with Crippen molar-refractivity contribution in [3.05, 3.63) is 54.0 Å². The van der Waals surface area contributed by atoms with Crippen LogP contribution >= 0.6 is 0 Å². The minimum Gasteiger partial charge on any atom is -0.467 e. The van der Waals surface area contributed by atoms with Gasteiger partial charge in [-0.1, -0.05) is 0 Å². The lowest BCUT2D eigenvalue weighted by Gasteiger charge is -2.28. The van der Waals surface area contributed by atoms with Crippen molar-refractivity contribution in [1.82, 2.24) is 4.90 Å². The van der Waals surface area contributed by atoms with E-state index in [0.29, 0.717) is 11.3 Å². The van der Waals surface area contributed by atoms with Crippen molar-refractivity contribution in [2.75, 3.05) is 5.32 Å². The Kier molecular flexibility index (Phi) is 4.19. The normalized spacial score (nSPS) is 15.0. The van der Waals surface area contributed by atoms with E-state index in [-0.39, 0.29) is 23.9 Å². The molecule has 2 aromatic rings. The van der Waals surface area contributed by atoms with E-state index in [0.717, 1.165) is 18.6 Å². The molecule has 1 aliphatic carbocycles. The summed E-state index contributed by atoms with van der Waals surface area (Å²) in [6, 6.07) is 10.9. The summed E-state index contributed by atoms with van der Waals surface area (Å²) in [5, 5.41) is 2.70. The first-order chi connectivity index (χ1) is 11.1. The molecule has 0 saturated heterocycles. The summed E-state index contributed by atoms with van der Waals surface area (Å²) in [6.45, 7) is 3.44. The van der Waals surface area contributed by atoms with Gasteiger partial charge in [-0.15, -0.1) is 0 Å². The summed E-state index contributed by atoms with van der Waals surface area (Å²) in [7, 11) is 0. The number of hydrogen-bond acceptors (Lipinski definition) is 3. The van der Waals surface area contributed by atoms with Gasteiger partial charge in [0.05, 0.1) is 12.3 Å². The second-order valence-corrected chi connectivity index (χ2v) is 5.89. The van der Waals surface area contributed by atoms with Gasteiger partial charge < -0.3 is 14.6 Å². The summed E-state index contributed by atoms with van der Waals surface area (Å²) in [5.41, 5.74) is 1.30. The third-order valence-corrected chi connectivity index (χ3v) is 4.00. The van der Waals surface area contributed by atoms with E-state index < -0.39 is 0 Å². The lowest BCUT2D eigenvalue weighted by atomic mass is 10.1. The van der Waals surface area contributed by atoms with E-state index in [2.05, 4.69) is 5.32 Å². The SMILES string of the molecule is CC(=O)Nc1ccc(C(=O)N(C2CC2)C(C)c2ccco2)cc1. The number of nitrogens with zero attached hydrogens (tertiary/aromatic N) is 1. The fraction of sp³-hybridized carbons (Fsp3) is 0.333. The number of carbonyl (C=O) groups is 2. The van der Waals surface area contributed by atoms with Gasteiger partial charge in [0.15, 0.2) is 0 Å². The first-order valence-electron chi connectivity index (χ1n) is 7.80. The number of nitrogens with one attached hydrogen (secondary N) is 1. The second kappa shape index (κ2) is 6.28. The number of furan rings is 1. The van der Waals surface area contributed by atoms with Crippen molar-refractivity contribution in [1.29, 1.82) is 0 Å². The molecular weight excluding hydrogens is 292 g/mol. The van der Waals surface area contributed by atoms with Crippen LogP contribution in [0.1, 0.15) is 48.8 Å². The van der Waals surface area contributed by atoms with E-state index in [1.54, 1.807) is 30.5 Å². The Morgan fingerprint density at radius 2 is 1.91 bits per heavy atom. The zero-order chi connectivity index (χ0) is 16.4. The highest BCUT2D eigenvalue weighted by Crippen LogP contribution is 2.35. The molecular formula is C18H20N2O3. The molecule has 1 aromatic carbocycles. The standard InChI is InChI=1S/C18H20N2O3/c1-12(17-4-3-11-23-17)20(16-9-10-16)18(22)14-5-7-15(8-6-14)19-13(2)21/h3-8,11-12,16H,9-10H2,1-2H3,(H,19,21). The van der Waals surface area contributed by atoms with E-state index in [1.807, 2.05) is 24.0 Å². The molecule has 3 rings (SSSR count). The van der Waals surface area contributed by atoms with Crippen molar-refractivity contribution in [3.8, 4) is 0 Å². The predicted octanol–water partition coefficient (Wildman–Crippen LogP) is 3.60. The minimum absolute atomic E-state index is 0.00854. The van der Waals surface area contributed by atoms with E-state index >= 15 is 0 Å².